The number of nitrogens with one attached hydrogen (secondary N) is 1. The summed E-state index contributed by atoms with van der Waals surface area (Å²) in [6.07, 6.45) is 7.01. The number of hydrogen-bond donors (Lipinski definition) is 1. The van der Waals surface area contributed by atoms with Crippen molar-refractivity contribution in [1.29, 1.82) is 0 Å². The maximum absolute atomic E-state index is 12.2. The standard InChI is InChI=1S/C15H23ClN4O/c1-19(2)7-8-20-14(21)13(16)12(9-18-20)17-10-15(5-6-15)11-3-4-11/h9,11,17H,3-8,10H2,1-2H3. The van der Waals surface area contributed by atoms with Gasteiger partial charge >= 0.3 is 0 Å². The average Bonchev–Trinajstić information content (AvgIpc) is 3.31. The molecule has 0 unspecified atom stereocenters. The van der Waals surface area contributed by atoms with Crippen molar-refractivity contribution < 1.29 is 0 Å². The summed E-state index contributed by atoms with van der Waals surface area (Å²) in [5.74, 6) is 0.886. The molecule has 1 N–H and O–H groups in total. The van der Waals surface area contributed by atoms with Crippen LogP contribution in [0, 0.1) is 11.3 Å². The lowest BCUT2D eigenvalue weighted by molar-refractivity contribution is 0.367. The first kappa shape index (κ1) is 14.9. The minimum Gasteiger partial charge on any atom is -0.382 e. The van der Waals surface area contributed by atoms with Gasteiger partial charge < -0.3 is 10.2 Å². The van der Waals surface area contributed by atoms with Crippen molar-refractivity contribution in [2.24, 2.45) is 11.3 Å². The van der Waals surface area contributed by atoms with Crippen LogP contribution in [0.3, 0.4) is 0 Å². The van der Waals surface area contributed by atoms with Crippen molar-refractivity contribution in [3.8, 4) is 0 Å². The molecule has 2 aliphatic rings. The zero-order valence-electron chi connectivity index (χ0n) is 12.7. The molecule has 1 aromatic heterocycles. The number of halogens is 1. The van der Waals surface area contributed by atoms with E-state index in [-0.39, 0.29) is 10.6 Å². The first-order chi connectivity index (χ1) is 10.0. The maximum atomic E-state index is 12.2. The summed E-state index contributed by atoms with van der Waals surface area (Å²) in [5, 5.41) is 7.83. The van der Waals surface area contributed by atoms with Crippen LogP contribution in [0.2, 0.25) is 5.02 Å². The fourth-order valence-electron chi connectivity index (χ4n) is 2.90. The molecule has 1 heterocycles. The summed E-state index contributed by atoms with van der Waals surface area (Å²) in [4.78, 5) is 14.2. The Morgan fingerprint density at radius 2 is 2.19 bits per heavy atom. The molecule has 5 nitrogen and oxygen atoms in total. The summed E-state index contributed by atoms with van der Waals surface area (Å²) in [5.41, 5.74) is 0.942. The quantitative estimate of drug-likeness (QED) is 0.837. The number of aromatic nitrogens is 2. The first-order valence-corrected chi connectivity index (χ1v) is 8.04. The van der Waals surface area contributed by atoms with Gasteiger partial charge in [0, 0.05) is 13.1 Å². The number of hydrogen-bond acceptors (Lipinski definition) is 4. The Morgan fingerprint density at radius 3 is 2.76 bits per heavy atom. The van der Waals surface area contributed by atoms with Gasteiger partial charge in [-0.1, -0.05) is 11.6 Å². The molecule has 0 saturated heterocycles. The Kier molecular flexibility index (Phi) is 3.97. The van der Waals surface area contributed by atoms with Gasteiger partial charge in [-0.2, -0.15) is 5.10 Å². The van der Waals surface area contributed by atoms with Crippen LogP contribution in [0.5, 0.6) is 0 Å². The Bertz CT molecular complexity index is 576. The molecule has 0 radical (unpaired) electrons. The van der Waals surface area contributed by atoms with Crippen molar-refractivity contribution >= 4 is 17.3 Å². The highest BCUT2D eigenvalue weighted by atomic mass is 35.5. The highest BCUT2D eigenvalue weighted by Gasteiger charge is 2.53. The molecule has 6 heteroatoms. The van der Waals surface area contributed by atoms with Gasteiger partial charge in [0.2, 0.25) is 0 Å². The monoisotopic (exact) mass is 310 g/mol. The third-order valence-corrected chi connectivity index (χ3v) is 5.08. The maximum Gasteiger partial charge on any atom is 0.287 e. The molecule has 0 amide bonds. The molecule has 0 spiro atoms. The predicted octanol–water partition coefficient (Wildman–Crippen LogP) is 2.06. The molecule has 21 heavy (non-hydrogen) atoms. The minimum absolute atomic E-state index is 0.209. The first-order valence-electron chi connectivity index (χ1n) is 7.66. The molecule has 0 atom stereocenters. The summed E-state index contributed by atoms with van der Waals surface area (Å²) < 4.78 is 1.43. The third-order valence-electron chi connectivity index (χ3n) is 4.71. The molecule has 2 aliphatic carbocycles. The van der Waals surface area contributed by atoms with Crippen molar-refractivity contribution in [2.75, 3.05) is 32.5 Å². The molecule has 0 aliphatic heterocycles. The van der Waals surface area contributed by atoms with E-state index in [0.29, 0.717) is 17.6 Å². The summed E-state index contributed by atoms with van der Waals surface area (Å²) in [6, 6.07) is 0. The number of anilines is 1. The Morgan fingerprint density at radius 1 is 1.48 bits per heavy atom. The SMILES string of the molecule is CN(C)CCn1ncc(NCC2(C3CC3)CC2)c(Cl)c1=O. The number of likely N-dealkylation sites (N-methyl/N-ethyl adjacent to an activating group) is 1. The fourth-order valence-corrected chi connectivity index (χ4v) is 3.11. The van der Waals surface area contributed by atoms with Gasteiger partial charge in [0.05, 0.1) is 18.4 Å². The van der Waals surface area contributed by atoms with Crippen molar-refractivity contribution in [3.05, 3.63) is 21.6 Å². The molecule has 1 aromatic rings. The lowest BCUT2D eigenvalue weighted by Crippen LogP contribution is -2.29. The second-order valence-corrected chi connectivity index (χ2v) is 7.07. The van der Waals surface area contributed by atoms with Gasteiger partial charge in [-0.3, -0.25) is 4.79 Å². The van der Waals surface area contributed by atoms with E-state index in [2.05, 4.69) is 10.4 Å². The Balaban J connectivity index is 1.66. The van der Waals surface area contributed by atoms with Crippen molar-refractivity contribution in [3.63, 3.8) is 0 Å². The molecule has 0 aromatic carbocycles. The minimum atomic E-state index is -0.209. The molecular weight excluding hydrogens is 288 g/mol. The van der Waals surface area contributed by atoms with Crippen LogP contribution >= 0.6 is 11.6 Å². The Hall–Kier alpha value is -1.07. The van der Waals surface area contributed by atoms with Crippen LogP contribution in [-0.2, 0) is 6.54 Å². The van der Waals surface area contributed by atoms with Crippen molar-refractivity contribution in [2.45, 2.75) is 32.2 Å². The summed E-state index contributed by atoms with van der Waals surface area (Å²) in [7, 11) is 3.94. The van der Waals surface area contributed by atoms with E-state index in [0.717, 1.165) is 19.0 Å². The molecule has 2 fully saturated rings. The second-order valence-electron chi connectivity index (χ2n) is 6.69. The molecule has 116 valence electrons. The molecule has 3 rings (SSSR count). The van der Waals surface area contributed by atoms with Gasteiger partial charge in [0.15, 0.2) is 0 Å². The Labute approximate surface area is 130 Å². The van der Waals surface area contributed by atoms with Gasteiger partial charge in [-0.05, 0) is 51.1 Å². The van der Waals surface area contributed by atoms with Crippen LogP contribution < -0.4 is 10.9 Å². The fraction of sp³-hybridized carbons (Fsp3) is 0.733. The topological polar surface area (TPSA) is 50.2 Å². The van der Waals surface area contributed by atoms with Gasteiger partial charge in [0.25, 0.3) is 5.56 Å². The van der Waals surface area contributed by atoms with Gasteiger partial charge in [0.1, 0.15) is 5.02 Å². The van der Waals surface area contributed by atoms with Crippen LogP contribution in [-0.4, -0.2) is 41.9 Å². The third kappa shape index (κ3) is 3.24. The second kappa shape index (κ2) is 5.61. The van der Waals surface area contributed by atoms with Gasteiger partial charge in [-0.15, -0.1) is 0 Å². The van der Waals surface area contributed by atoms with Crippen molar-refractivity contribution in [1.82, 2.24) is 14.7 Å². The van der Waals surface area contributed by atoms with E-state index in [9.17, 15) is 4.79 Å². The summed E-state index contributed by atoms with van der Waals surface area (Å²) >= 11 is 6.21. The normalized spacial score (nSPS) is 19.8. The van der Waals surface area contributed by atoms with Crippen LogP contribution in [0.1, 0.15) is 25.7 Å². The average molecular weight is 311 g/mol. The lowest BCUT2D eigenvalue weighted by Gasteiger charge is -2.17. The number of nitrogens with zero attached hydrogens (tertiary/aromatic N) is 3. The molecular formula is C15H23ClN4O. The van der Waals surface area contributed by atoms with E-state index >= 15 is 0 Å². The zero-order valence-corrected chi connectivity index (χ0v) is 13.5. The molecule has 0 bridgehead atoms. The van der Waals surface area contributed by atoms with E-state index in [1.54, 1.807) is 6.20 Å². The van der Waals surface area contributed by atoms with E-state index < -0.39 is 0 Å². The largest absolute Gasteiger partial charge is 0.382 e. The predicted molar refractivity (Wildman–Crippen MR) is 84.9 cm³/mol. The van der Waals surface area contributed by atoms with Crippen LogP contribution in [0.25, 0.3) is 0 Å². The highest BCUT2D eigenvalue weighted by Crippen LogP contribution is 2.61. The zero-order chi connectivity index (χ0) is 15.0. The van der Waals surface area contributed by atoms with Crippen LogP contribution in [0.4, 0.5) is 5.69 Å². The van der Waals surface area contributed by atoms with Crippen LogP contribution in [0.15, 0.2) is 11.0 Å². The number of rotatable bonds is 7. The van der Waals surface area contributed by atoms with E-state index in [4.69, 9.17) is 11.6 Å². The van der Waals surface area contributed by atoms with Gasteiger partial charge in [-0.25, -0.2) is 4.68 Å². The van der Waals surface area contributed by atoms with E-state index in [1.165, 1.54) is 30.4 Å². The summed E-state index contributed by atoms with van der Waals surface area (Å²) in [6.45, 7) is 2.23. The highest BCUT2D eigenvalue weighted by molar-refractivity contribution is 6.32. The van der Waals surface area contributed by atoms with E-state index in [1.807, 2.05) is 19.0 Å². The molecule has 2 saturated carbocycles. The smallest absolute Gasteiger partial charge is 0.287 e. The lowest BCUT2D eigenvalue weighted by atomic mass is 10.0.